The molecule has 6 heteroatoms. The minimum absolute atomic E-state index is 0.288. The molecular weight excluding hydrogens is 389 g/mol. The molecule has 2 aromatic carbocycles. The van der Waals surface area contributed by atoms with E-state index < -0.39 is 0 Å². The summed E-state index contributed by atoms with van der Waals surface area (Å²) in [7, 11) is 4.13. The Morgan fingerprint density at radius 3 is 2.61 bits per heavy atom. The van der Waals surface area contributed by atoms with Gasteiger partial charge < -0.3 is 15.5 Å². The summed E-state index contributed by atoms with van der Waals surface area (Å²) in [5.74, 6) is 0.529. The highest BCUT2D eigenvalue weighted by Gasteiger charge is 2.11. The highest BCUT2D eigenvalue weighted by Crippen LogP contribution is 2.31. The van der Waals surface area contributed by atoms with E-state index >= 15 is 0 Å². The first-order valence-corrected chi connectivity index (χ1v) is 10.4. The van der Waals surface area contributed by atoms with Gasteiger partial charge in [-0.1, -0.05) is 30.3 Å². The minimum atomic E-state index is -0.288. The smallest absolute Gasteiger partial charge is 0.132 e. The average Bonchev–Trinajstić information content (AvgIpc) is 2.77. The number of fused-ring (bicyclic) bond motifs is 1. The maximum absolute atomic E-state index is 14.4. The van der Waals surface area contributed by atoms with Gasteiger partial charge in [0.15, 0.2) is 0 Å². The molecule has 4 aromatic rings. The largest absolute Gasteiger partial charge is 0.370 e. The van der Waals surface area contributed by atoms with E-state index in [1.807, 2.05) is 48.5 Å². The first-order chi connectivity index (χ1) is 15.1. The van der Waals surface area contributed by atoms with Gasteiger partial charge in [-0.3, -0.25) is 0 Å². The molecule has 0 spiro atoms. The lowest BCUT2D eigenvalue weighted by molar-refractivity contribution is 0.405. The number of rotatable bonds is 8. The fourth-order valence-electron chi connectivity index (χ4n) is 3.46. The molecular formula is C25H26FN5. The van der Waals surface area contributed by atoms with E-state index in [1.165, 1.54) is 6.07 Å². The number of aromatic nitrogens is 2. The van der Waals surface area contributed by atoms with Gasteiger partial charge in [0.05, 0.1) is 16.9 Å². The van der Waals surface area contributed by atoms with Crippen LogP contribution in [0.1, 0.15) is 6.42 Å². The molecule has 158 valence electrons. The normalized spacial score (nSPS) is 11.1. The van der Waals surface area contributed by atoms with Gasteiger partial charge in [-0.15, -0.1) is 0 Å². The monoisotopic (exact) mass is 415 g/mol. The van der Waals surface area contributed by atoms with E-state index in [0.29, 0.717) is 11.3 Å². The Balaban J connectivity index is 1.62. The molecule has 0 unspecified atom stereocenters. The molecule has 0 aliphatic rings. The van der Waals surface area contributed by atoms with Gasteiger partial charge in [0, 0.05) is 35.4 Å². The van der Waals surface area contributed by atoms with E-state index in [9.17, 15) is 4.39 Å². The second-order valence-corrected chi connectivity index (χ2v) is 7.69. The summed E-state index contributed by atoms with van der Waals surface area (Å²) >= 11 is 0. The first-order valence-electron chi connectivity index (χ1n) is 10.4. The van der Waals surface area contributed by atoms with Crippen molar-refractivity contribution in [1.29, 1.82) is 0 Å². The molecule has 0 fully saturated rings. The van der Waals surface area contributed by atoms with Crippen LogP contribution in [0.5, 0.6) is 0 Å². The highest BCUT2D eigenvalue weighted by atomic mass is 19.1. The quantitative estimate of drug-likeness (QED) is 0.370. The number of benzene rings is 2. The van der Waals surface area contributed by atoms with Crippen molar-refractivity contribution in [2.45, 2.75) is 6.42 Å². The summed E-state index contributed by atoms with van der Waals surface area (Å²) < 4.78 is 14.4. The second kappa shape index (κ2) is 9.53. The number of para-hydroxylation sites is 1. The summed E-state index contributed by atoms with van der Waals surface area (Å²) in [6, 6.07) is 20.4. The number of hydrogen-bond acceptors (Lipinski definition) is 5. The van der Waals surface area contributed by atoms with Gasteiger partial charge in [-0.05, 0) is 57.4 Å². The fourth-order valence-corrected chi connectivity index (χ4v) is 3.46. The summed E-state index contributed by atoms with van der Waals surface area (Å²) in [4.78, 5) is 11.3. The Morgan fingerprint density at radius 2 is 1.77 bits per heavy atom. The van der Waals surface area contributed by atoms with Gasteiger partial charge in [0.1, 0.15) is 11.6 Å². The Kier molecular flexibility index (Phi) is 6.38. The van der Waals surface area contributed by atoms with Gasteiger partial charge in [0.2, 0.25) is 0 Å². The number of hydrogen-bond donors (Lipinski definition) is 2. The zero-order valence-electron chi connectivity index (χ0n) is 17.8. The molecule has 4 rings (SSSR count). The predicted octanol–water partition coefficient (Wildman–Crippen LogP) is 5.54. The van der Waals surface area contributed by atoms with Crippen molar-refractivity contribution in [3.05, 3.63) is 78.7 Å². The summed E-state index contributed by atoms with van der Waals surface area (Å²) in [6.45, 7) is 1.87. The molecule has 0 aliphatic heterocycles. The van der Waals surface area contributed by atoms with Crippen LogP contribution < -0.4 is 10.6 Å². The Hall–Kier alpha value is -3.51. The van der Waals surface area contributed by atoms with Crippen molar-refractivity contribution in [1.82, 2.24) is 14.9 Å². The van der Waals surface area contributed by atoms with E-state index in [4.69, 9.17) is 0 Å². The van der Waals surface area contributed by atoms with Crippen molar-refractivity contribution in [3.63, 3.8) is 0 Å². The van der Waals surface area contributed by atoms with E-state index in [1.54, 1.807) is 18.3 Å². The first kappa shape index (κ1) is 20.8. The Morgan fingerprint density at radius 1 is 0.968 bits per heavy atom. The third kappa shape index (κ3) is 5.16. The maximum Gasteiger partial charge on any atom is 0.132 e. The van der Waals surface area contributed by atoms with E-state index in [-0.39, 0.29) is 5.82 Å². The van der Waals surface area contributed by atoms with Crippen LogP contribution in [0.2, 0.25) is 0 Å². The van der Waals surface area contributed by atoms with Crippen LogP contribution in [-0.2, 0) is 0 Å². The topological polar surface area (TPSA) is 53.1 Å². The molecule has 0 atom stereocenters. The van der Waals surface area contributed by atoms with Crippen molar-refractivity contribution >= 4 is 28.1 Å². The molecule has 0 aliphatic carbocycles. The average molecular weight is 416 g/mol. The number of nitrogens with one attached hydrogen (secondary N) is 2. The highest BCUT2D eigenvalue weighted by molar-refractivity contribution is 5.95. The molecule has 2 N–H and O–H groups in total. The molecule has 0 radical (unpaired) electrons. The van der Waals surface area contributed by atoms with E-state index in [2.05, 4.69) is 39.6 Å². The Bertz CT molecular complexity index is 1180. The molecule has 31 heavy (non-hydrogen) atoms. The fraction of sp³-hybridized carbons (Fsp3) is 0.200. The van der Waals surface area contributed by atoms with Gasteiger partial charge in [-0.2, -0.15) is 0 Å². The maximum atomic E-state index is 14.4. The lowest BCUT2D eigenvalue weighted by atomic mass is 10.1. The van der Waals surface area contributed by atoms with Crippen LogP contribution in [0.4, 0.5) is 21.6 Å². The van der Waals surface area contributed by atoms with Crippen LogP contribution >= 0.6 is 0 Å². The van der Waals surface area contributed by atoms with E-state index in [0.717, 1.165) is 47.6 Å². The van der Waals surface area contributed by atoms with Crippen molar-refractivity contribution in [2.24, 2.45) is 0 Å². The number of anilines is 3. The van der Waals surface area contributed by atoms with Gasteiger partial charge >= 0.3 is 0 Å². The minimum Gasteiger partial charge on any atom is -0.370 e. The molecule has 0 saturated carbocycles. The summed E-state index contributed by atoms with van der Waals surface area (Å²) in [5.41, 5.74) is 3.65. The van der Waals surface area contributed by atoms with Crippen molar-refractivity contribution < 1.29 is 4.39 Å². The molecule has 5 nitrogen and oxygen atoms in total. The zero-order chi connectivity index (χ0) is 21.6. The third-order valence-corrected chi connectivity index (χ3v) is 4.99. The Labute approximate surface area is 182 Å². The molecule has 0 saturated heterocycles. The van der Waals surface area contributed by atoms with Crippen LogP contribution in [0.3, 0.4) is 0 Å². The van der Waals surface area contributed by atoms with Crippen molar-refractivity contribution in [3.8, 4) is 11.3 Å². The zero-order valence-corrected chi connectivity index (χ0v) is 17.8. The van der Waals surface area contributed by atoms with Crippen molar-refractivity contribution in [2.75, 3.05) is 37.8 Å². The number of pyridine rings is 2. The standard InChI is InChI=1S/C25H26FN5/c1-31(2)15-7-13-27-25-16-18(12-14-28-25)29-24-17-23(19-8-3-5-10-21(19)26)30-22-11-6-4-9-20(22)24/h3-6,8-12,14,16-17H,7,13,15H2,1-2H3,(H2,27,28,29,30). The summed E-state index contributed by atoms with van der Waals surface area (Å²) in [5, 5.41) is 7.82. The second-order valence-electron chi connectivity index (χ2n) is 7.69. The summed E-state index contributed by atoms with van der Waals surface area (Å²) in [6.07, 6.45) is 2.81. The van der Waals surface area contributed by atoms with Crippen LogP contribution in [-0.4, -0.2) is 42.1 Å². The lowest BCUT2D eigenvalue weighted by Crippen LogP contribution is -2.16. The number of halogens is 1. The molecule has 0 amide bonds. The van der Waals surface area contributed by atoms with Gasteiger partial charge in [0.25, 0.3) is 0 Å². The lowest BCUT2D eigenvalue weighted by Gasteiger charge is -2.14. The van der Waals surface area contributed by atoms with Crippen LogP contribution in [0.25, 0.3) is 22.2 Å². The molecule has 0 bridgehead atoms. The SMILES string of the molecule is CN(C)CCCNc1cc(Nc2cc(-c3ccccc3F)nc3ccccc23)ccn1. The number of nitrogens with zero attached hydrogens (tertiary/aromatic N) is 3. The van der Waals surface area contributed by atoms with Crippen LogP contribution in [0, 0.1) is 5.82 Å². The van der Waals surface area contributed by atoms with Crippen LogP contribution in [0.15, 0.2) is 72.9 Å². The van der Waals surface area contributed by atoms with Gasteiger partial charge in [-0.25, -0.2) is 14.4 Å². The molecule has 2 heterocycles. The molecule has 2 aromatic heterocycles. The predicted molar refractivity (Wildman–Crippen MR) is 126 cm³/mol. The third-order valence-electron chi connectivity index (χ3n) is 4.99.